The molecule has 1 aromatic carbocycles. The standard InChI is InChI=1S/C16H17FN4OS/c17-14-2-1-10(11-4-19-9-20-5-11)3-13(14)16-8-22-6-12(16)7-23-15(18)21-16/h1-4,9,12H,5-8H2,(H2,18,21)(H,19,20)/t12-,16-/m0/s1. The summed E-state index contributed by atoms with van der Waals surface area (Å²) in [6, 6.07) is 5.15. The molecule has 3 aliphatic heterocycles. The molecule has 3 N–H and O–H groups in total. The molecule has 0 spiro atoms. The first-order valence-electron chi connectivity index (χ1n) is 7.49. The van der Waals surface area contributed by atoms with Gasteiger partial charge >= 0.3 is 0 Å². The number of nitrogens with zero attached hydrogens (tertiary/aromatic N) is 2. The first-order valence-corrected chi connectivity index (χ1v) is 8.47. The van der Waals surface area contributed by atoms with Crippen LogP contribution in [0.15, 0.2) is 34.4 Å². The smallest absolute Gasteiger partial charge is 0.154 e. The maximum absolute atomic E-state index is 14.6. The normalized spacial score (nSPS) is 29.5. The zero-order chi connectivity index (χ0) is 15.9. The average molecular weight is 332 g/mol. The molecule has 0 amide bonds. The Morgan fingerprint density at radius 1 is 1.43 bits per heavy atom. The number of benzene rings is 1. The third kappa shape index (κ3) is 2.44. The number of thioether (sulfide) groups is 1. The van der Waals surface area contributed by atoms with Crippen LogP contribution in [0.3, 0.4) is 0 Å². The molecule has 3 aliphatic rings. The third-order valence-corrected chi connectivity index (χ3v) is 5.50. The fraction of sp³-hybridized carbons (Fsp3) is 0.375. The Balaban J connectivity index is 1.81. The van der Waals surface area contributed by atoms with Gasteiger partial charge in [0.2, 0.25) is 0 Å². The van der Waals surface area contributed by atoms with Crippen molar-refractivity contribution in [2.75, 3.05) is 25.5 Å². The summed E-state index contributed by atoms with van der Waals surface area (Å²) < 4.78 is 20.3. The summed E-state index contributed by atoms with van der Waals surface area (Å²) in [4.78, 5) is 8.82. The van der Waals surface area contributed by atoms with Crippen LogP contribution in [0.5, 0.6) is 0 Å². The van der Waals surface area contributed by atoms with Crippen LogP contribution in [0.25, 0.3) is 5.57 Å². The van der Waals surface area contributed by atoms with Gasteiger partial charge in [-0.25, -0.2) is 9.38 Å². The molecule has 0 radical (unpaired) electrons. The van der Waals surface area contributed by atoms with E-state index in [1.54, 1.807) is 12.4 Å². The Labute approximate surface area is 137 Å². The maximum Gasteiger partial charge on any atom is 0.154 e. The lowest BCUT2D eigenvalue weighted by Crippen LogP contribution is -2.40. The molecule has 3 heterocycles. The molecule has 2 atom stereocenters. The lowest BCUT2D eigenvalue weighted by atomic mass is 9.80. The maximum atomic E-state index is 14.6. The lowest BCUT2D eigenvalue weighted by Gasteiger charge is -2.34. The molecular weight excluding hydrogens is 315 g/mol. The topological polar surface area (TPSA) is 72.0 Å². The Morgan fingerprint density at radius 3 is 3.17 bits per heavy atom. The fourth-order valence-electron chi connectivity index (χ4n) is 3.31. The van der Waals surface area contributed by atoms with Crippen molar-refractivity contribution in [3.05, 3.63) is 41.3 Å². The summed E-state index contributed by atoms with van der Waals surface area (Å²) in [5.41, 5.74) is 7.76. The van der Waals surface area contributed by atoms with Gasteiger partial charge in [0.15, 0.2) is 5.17 Å². The van der Waals surface area contributed by atoms with Gasteiger partial charge in [-0.2, -0.15) is 0 Å². The molecule has 0 aliphatic carbocycles. The molecule has 1 fully saturated rings. The van der Waals surface area contributed by atoms with Crippen molar-refractivity contribution >= 4 is 28.8 Å². The number of hydrogen-bond donors (Lipinski definition) is 2. The first-order chi connectivity index (χ1) is 11.2. The Hall–Kier alpha value is -1.86. The van der Waals surface area contributed by atoms with Crippen molar-refractivity contribution in [3.8, 4) is 0 Å². The van der Waals surface area contributed by atoms with Crippen LogP contribution in [0, 0.1) is 11.7 Å². The number of ether oxygens (including phenoxy) is 1. The molecule has 0 bridgehead atoms. The molecule has 7 heteroatoms. The Kier molecular flexibility index (Phi) is 3.61. The second-order valence-electron chi connectivity index (χ2n) is 5.90. The zero-order valence-electron chi connectivity index (χ0n) is 12.5. The van der Waals surface area contributed by atoms with Gasteiger partial charge in [0.05, 0.1) is 26.1 Å². The molecule has 0 saturated carbocycles. The SMILES string of the molecule is NC1=N[C@@]2(c3cc(C4=CNC=NC4)ccc3F)COC[C@H]2CS1. The van der Waals surface area contributed by atoms with E-state index in [1.807, 2.05) is 12.3 Å². The highest BCUT2D eigenvalue weighted by atomic mass is 32.2. The van der Waals surface area contributed by atoms with Crippen LogP contribution in [0.2, 0.25) is 0 Å². The van der Waals surface area contributed by atoms with Crippen molar-refractivity contribution in [2.45, 2.75) is 5.54 Å². The highest BCUT2D eigenvalue weighted by molar-refractivity contribution is 8.13. The van der Waals surface area contributed by atoms with Crippen molar-refractivity contribution in [2.24, 2.45) is 21.6 Å². The zero-order valence-corrected chi connectivity index (χ0v) is 13.3. The van der Waals surface area contributed by atoms with Gasteiger partial charge in [-0.1, -0.05) is 17.8 Å². The van der Waals surface area contributed by atoms with E-state index in [0.717, 1.165) is 16.9 Å². The molecular formula is C16H17FN4OS. The van der Waals surface area contributed by atoms with Gasteiger partial charge < -0.3 is 15.8 Å². The first kappa shape index (κ1) is 14.7. The summed E-state index contributed by atoms with van der Waals surface area (Å²) in [6.07, 6.45) is 3.54. The van der Waals surface area contributed by atoms with Gasteiger partial charge in [0.1, 0.15) is 11.4 Å². The van der Waals surface area contributed by atoms with Gasteiger partial charge in [0, 0.05) is 23.4 Å². The van der Waals surface area contributed by atoms with Crippen LogP contribution < -0.4 is 11.1 Å². The van der Waals surface area contributed by atoms with Crippen LogP contribution in [0.1, 0.15) is 11.1 Å². The molecule has 0 aromatic heterocycles. The lowest BCUT2D eigenvalue weighted by molar-refractivity contribution is 0.176. The molecule has 4 rings (SSSR count). The van der Waals surface area contributed by atoms with Crippen LogP contribution in [0.4, 0.5) is 4.39 Å². The van der Waals surface area contributed by atoms with E-state index < -0.39 is 5.54 Å². The van der Waals surface area contributed by atoms with Crippen molar-refractivity contribution in [3.63, 3.8) is 0 Å². The summed E-state index contributed by atoms with van der Waals surface area (Å²) in [5, 5.41) is 3.48. The van der Waals surface area contributed by atoms with E-state index in [-0.39, 0.29) is 11.7 Å². The van der Waals surface area contributed by atoms with E-state index in [1.165, 1.54) is 17.8 Å². The summed E-state index contributed by atoms with van der Waals surface area (Å²) in [7, 11) is 0. The van der Waals surface area contributed by atoms with E-state index in [2.05, 4.69) is 15.3 Å². The third-order valence-electron chi connectivity index (χ3n) is 4.55. The highest BCUT2D eigenvalue weighted by Gasteiger charge is 2.49. The van der Waals surface area contributed by atoms with Gasteiger partial charge in [0.25, 0.3) is 0 Å². The van der Waals surface area contributed by atoms with Gasteiger partial charge in [-0.3, -0.25) is 4.99 Å². The number of nitrogens with one attached hydrogen (secondary N) is 1. The minimum Gasteiger partial charge on any atom is -0.379 e. The minimum absolute atomic E-state index is 0.140. The number of fused-ring (bicyclic) bond motifs is 1. The predicted octanol–water partition coefficient (Wildman–Crippen LogP) is 1.70. The monoisotopic (exact) mass is 332 g/mol. The van der Waals surface area contributed by atoms with Crippen molar-refractivity contribution < 1.29 is 9.13 Å². The minimum atomic E-state index is -0.707. The molecule has 1 saturated heterocycles. The Bertz CT molecular complexity index is 733. The number of hydrogen-bond acceptors (Lipinski definition) is 6. The largest absolute Gasteiger partial charge is 0.379 e. The Morgan fingerprint density at radius 2 is 2.35 bits per heavy atom. The second-order valence-corrected chi connectivity index (χ2v) is 6.94. The van der Waals surface area contributed by atoms with Crippen LogP contribution in [-0.4, -0.2) is 37.0 Å². The van der Waals surface area contributed by atoms with E-state index >= 15 is 0 Å². The van der Waals surface area contributed by atoms with Gasteiger partial charge in [-0.15, -0.1) is 0 Å². The van der Waals surface area contributed by atoms with Gasteiger partial charge in [-0.05, 0) is 23.3 Å². The quantitative estimate of drug-likeness (QED) is 0.865. The molecule has 23 heavy (non-hydrogen) atoms. The number of aliphatic imine (C=N–C) groups is 2. The summed E-state index contributed by atoms with van der Waals surface area (Å²) >= 11 is 1.51. The van der Waals surface area contributed by atoms with Crippen LogP contribution in [-0.2, 0) is 10.3 Å². The van der Waals surface area contributed by atoms with E-state index in [9.17, 15) is 4.39 Å². The summed E-state index contributed by atoms with van der Waals surface area (Å²) in [5.74, 6) is 0.676. The van der Waals surface area contributed by atoms with Crippen molar-refractivity contribution in [1.82, 2.24) is 5.32 Å². The molecule has 120 valence electrons. The van der Waals surface area contributed by atoms with E-state index in [0.29, 0.717) is 30.5 Å². The number of nitrogens with two attached hydrogens (primary N) is 1. The number of amidine groups is 1. The predicted molar refractivity (Wildman–Crippen MR) is 90.9 cm³/mol. The molecule has 1 aromatic rings. The van der Waals surface area contributed by atoms with E-state index in [4.69, 9.17) is 10.5 Å². The van der Waals surface area contributed by atoms with Crippen LogP contribution >= 0.6 is 11.8 Å². The number of rotatable bonds is 2. The summed E-state index contributed by atoms with van der Waals surface area (Å²) in [6.45, 7) is 1.53. The average Bonchev–Trinajstić information content (AvgIpc) is 3.00. The van der Waals surface area contributed by atoms with Crippen molar-refractivity contribution in [1.29, 1.82) is 0 Å². The second kappa shape index (κ2) is 5.65. The number of halogens is 1. The fourth-order valence-corrected chi connectivity index (χ4v) is 4.28. The molecule has 5 nitrogen and oxygen atoms in total. The highest BCUT2D eigenvalue weighted by Crippen LogP contribution is 2.45. The molecule has 0 unspecified atom stereocenters.